The minimum Gasteiger partial charge on any atom is -0.474 e. The first-order valence-corrected chi connectivity index (χ1v) is 8.02. The van der Waals surface area contributed by atoms with Crippen LogP contribution in [0.1, 0.15) is 51.8 Å². The monoisotopic (exact) mass is 293 g/mol. The normalized spacial score (nSPS) is 22.0. The van der Waals surface area contributed by atoms with Gasteiger partial charge in [-0.15, -0.1) is 0 Å². The van der Waals surface area contributed by atoms with Gasteiger partial charge in [-0.1, -0.05) is 19.8 Å². The minimum absolute atomic E-state index is 0.281. The summed E-state index contributed by atoms with van der Waals surface area (Å²) in [4.78, 5) is 8.86. The summed E-state index contributed by atoms with van der Waals surface area (Å²) >= 11 is 0. The van der Waals surface area contributed by atoms with Gasteiger partial charge >= 0.3 is 0 Å². The van der Waals surface area contributed by atoms with Crippen LogP contribution in [0.4, 0.5) is 5.82 Å². The van der Waals surface area contributed by atoms with E-state index in [1.807, 2.05) is 13.0 Å². The summed E-state index contributed by atoms with van der Waals surface area (Å²) < 4.78 is 11.2. The molecule has 1 aromatic rings. The minimum atomic E-state index is 0.281. The zero-order valence-electron chi connectivity index (χ0n) is 13.4. The fourth-order valence-electron chi connectivity index (χ4n) is 2.89. The van der Waals surface area contributed by atoms with Crippen LogP contribution in [0.25, 0.3) is 0 Å². The molecule has 0 saturated heterocycles. The molecule has 0 bridgehead atoms. The molecule has 2 unspecified atom stereocenters. The molecule has 0 radical (unpaired) electrons. The first-order chi connectivity index (χ1) is 10.2. The van der Waals surface area contributed by atoms with Crippen molar-refractivity contribution in [1.82, 2.24) is 9.97 Å². The van der Waals surface area contributed by atoms with Crippen LogP contribution < -0.4 is 10.1 Å². The Morgan fingerprint density at radius 1 is 1.29 bits per heavy atom. The second-order valence-corrected chi connectivity index (χ2v) is 5.65. The van der Waals surface area contributed by atoms with Crippen LogP contribution in [0.2, 0.25) is 0 Å². The van der Waals surface area contributed by atoms with E-state index in [9.17, 15) is 0 Å². The molecule has 0 amide bonds. The summed E-state index contributed by atoms with van der Waals surface area (Å²) in [6.07, 6.45) is 6.36. The highest BCUT2D eigenvalue weighted by Gasteiger charge is 2.22. The molecule has 2 atom stereocenters. The van der Waals surface area contributed by atoms with Crippen LogP contribution in [0.3, 0.4) is 0 Å². The molecule has 0 aromatic carbocycles. The first-order valence-electron chi connectivity index (χ1n) is 8.02. The Hall–Kier alpha value is -1.36. The van der Waals surface area contributed by atoms with E-state index in [0.29, 0.717) is 18.3 Å². The van der Waals surface area contributed by atoms with Crippen molar-refractivity contribution < 1.29 is 9.47 Å². The summed E-state index contributed by atoms with van der Waals surface area (Å²) in [5, 5.41) is 3.22. The summed E-state index contributed by atoms with van der Waals surface area (Å²) in [7, 11) is 1.65. The van der Waals surface area contributed by atoms with Gasteiger partial charge in [-0.05, 0) is 32.1 Å². The summed E-state index contributed by atoms with van der Waals surface area (Å²) in [5.41, 5.74) is 0. The summed E-state index contributed by atoms with van der Waals surface area (Å²) in [6, 6.07) is 1.89. The van der Waals surface area contributed by atoms with Crippen molar-refractivity contribution in [1.29, 1.82) is 0 Å². The maximum Gasteiger partial charge on any atom is 0.219 e. The molecule has 5 nitrogen and oxygen atoms in total. The topological polar surface area (TPSA) is 56.3 Å². The van der Waals surface area contributed by atoms with E-state index in [2.05, 4.69) is 22.2 Å². The average Bonchev–Trinajstić information content (AvgIpc) is 2.48. The van der Waals surface area contributed by atoms with Crippen LogP contribution in [0.5, 0.6) is 5.88 Å². The maximum atomic E-state index is 6.11. The Bertz CT molecular complexity index is 415. The van der Waals surface area contributed by atoms with Crippen LogP contribution in [-0.4, -0.2) is 29.7 Å². The lowest BCUT2D eigenvalue weighted by Gasteiger charge is -2.28. The quantitative estimate of drug-likeness (QED) is 0.835. The van der Waals surface area contributed by atoms with Crippen LogP contribution in [-0.2, 0) is 11.3 Å². The van der Waals surface area contributed by atoms with Crippen molar-refractivity contribution in [3.05, 3.63) is 11.9 Å². The SMILES string of the molecule is CCNc1cc(OC2CCCC(CC)C2)nc(COC)n1. The lowest BCUT2D eigenvalue weighted by Crippen LogP contribution is -2.25. The molecule has 1 fully saturated rings. The van der Waals surface area contributed by atoms with E-state index in [1.165, 1.54) is 19.3 Å². The third-order valence-electron chi connectivity index (χ3n) is 3.98. The molecule has 1 aromatic heterocycles. The average molecular weight is 293 g/mol. The molecule has 1 aliphatic rings. The van der Waals surface area contributed by atoms with Gasteiger partial charge in [0.25, 0.3) is 0 Å². The molecule has 0 aliphatic heterocycles. The Kier molecular flexibility index (Phi) is 6.23. The molecule has 2 rings (SSSR count). The maximum absolute atomic E-state index is 6.11. The Balaban J connectivity index is 2.06. The molecule has 1 heterocycles. The fraction of sp³-hybridized carbons (Fsp3) is 0.750. The highest BCUT2D eigenvalue weighted by Crippen LogP contribution is 2.29. The predicted octanol–water partition coefficient (Wildman–Crippen LogP) is 3.40. The van der Waals surface area contributed by atoms with Crippen LogP contribution >= 0.6 is 0 Å². The smallest absolute Gasteiger partial charge is 0.219 e. The van der Waals surface area contributed by atoms with E-state index < -0.39 is 0 Å². The third kappa shape index (κ3) is 4.84. The standard InChI is InChI=1S/C16H27N3O2/c1-4-12-7-6-8-13(9-12)21-16-10-14(17-5-2)18-15(19-16)11-20-3/h10,12-13H,4-9,11H2,1-3H3,(H,17,18,19). The molecule has 5 heteroatoms. The lowest BCUT2D eigenvalue weighted by molar-refractivity contribution is 0.115. The number of anilines is 1. The van der Waals surface area contributed by atoms with Gasteiger partial charge in [0.05, 0.1) is 0 Å². The molecule has 1 N–H and O–H groups in total. The molecular formula is C16H27N3O2. The number of ether oxygens (including phenoxy) is 2. The van der Waals surface area contributed by atoms with Gasteiger partial charge in [-0.3, -0.25) is 0 Å². The van der Waals surface area contributed by atoms with Crippen molar-refractivity contribution in [2.75, 3.05) is 19.0 Å². The highest BCUT2D eigenvalue weighted by atomic mass is 16.5. The van der Waals surface area contributed by atoms with Crippen molar-refractivity contribution in [3.8, 4) is 5.88 Å². The van der Waals surface area contributed by atoms with E-state index in [4.69, 9.17) is 9.47 Å². The van der Waals surface area contributed by atoms with Crippen molar-refractivity contribution in [2.45, 2.75) is 58.7 Å². The Labute approximate surface area is 127 Å². The van der Waals surface area contributed by atoms with Gasteiger partial charge < -0.3 is 14.8 Å². The predicted molar refractivity (Wildman–Crippen MR) is 83.6 cm³/mol. The number of methoxy groups -OCH3 is 1. The van der Waals surface area contributed by atoms with Crippen molar-refractivity contribution in [3.63, 3.8) is 0 Å². The second-order valence-electron chi connectivity index (χ2n) is 5.65. The number of aromatic nitrogens is 2. The molecular weight excluding hydrogens is 266 g/mol. The van der Waals surface area contributed by atoms with Crippen molar-refractivity contribution in [2.24, 2.45) is 5.92 Å². The van der Waals surface area contributed by atoms with E-state index >= 15 is 0 Å². The highest BCUT2D eigenvalue weighted by molar-refractivity contribution is 5.38. The van der Waals surface area contributed by atoms with Gasteiger partial charge in [-0.2, -0.15) is 4.98 Å². The zero-order valence-corrected chi connectivity index (χ0v) is 13.4. The largest absolute Gasteiger partial charge is 0.474 e. The van der Waals surface area contributed by atoms with Gasteiger partial charge in [0.1, 0.15) is 18.5 Å². The van der Waals surface area contributed by atoms with Crippen LogP contribution in [0.15, 0.2) is 6.07 Å². The van der Waals surface area contributed by atoms with Gasteiger partial charge in [0.2, 0.25) is 5.88 Å². The number of nitrogens with zero attached hydrogens (tertiary/aromatic N) is 2. The van der Waals surface area contributed by atoms with E-state index in [-0.39, 0.29) is 6.10 Å². The molecule has 118 valence electrons. The molecule has 1 saturated carbocycles. The first kappa shape index (κ1) is 16.0. The van der Waals surface area contributed by atoms with Gasteiger partial charge in [0.15, 0.2) is 5.82 Å². The number of hydrogen-bond acceptors (Lipinski definition) is 5. The van der Waals surface area contributed by atoms with Crippen LogP contribution in [0, 0.1) is 5.92 Å². The van der Waals surface area contributed by atoms with Gasteiger partial charge in [0, 0.05) is 19.7 Å². The summed E-state index contributed by atoms with van der Waals surface area (Å²) in [5.74, 6) is 2.92. The number of hydrogen-bond donors (Lipinski definition) is 1. The van der Waals surface area contributed by atoms with Gasteiger partial charge in [-0.25, -0.2) is 4.98 Å². The zero-order chi connectivity index (χ0) is 15.1. The molecule has 21 heavy (non-hydrogen) atoms. The van der Waals surface area contributed by atoms with Crippen molar-refractivity contribution >= 4 is 5.82 Å². The summed E-state index contributed by atoms with van der Waals surface area (Å²) in [6.45, 7) is 5.53. The molecule has 0 spiro atoms. The fourth-order valence-corrected chi connectivity index (χ4v) is 2.89. The van der Waals surface area contributed by atoms with E-state index in [0.717, 1.165) is 31.1 Å². The Morgan fingerprint density at radius 2 is 2.14 bits per heavy atom. The van der Waals surface area contributed by atoms with E-state index in [1.54, 1.807) is 7.11 Å². The lowest BCUT2D eigenvalue weighted by atomic mass is 9.85. The molecule has 1 aliphatic carbocycles. The number of rotatable bonds is 7. The number of nitrogens with one attached hydrogen (secondary N) is 1. The second kappa shape index (κ2) is 8.17. The Morgan fingerprint density at radius 3 is 2.86 bits per heavy atom. The third-order valence-corrected chi connectivity index (χ3v) is 3.98.